The van der Waals surface area contributed by atoms with Crippen LogP contribution in [0.15, 0.2) is 30.5 Å². The molecule has 1 fully saturated rings. The van der Waals surface area contributed by atoms with Crippen LogP contribution in [0.4, 0.5) is 13.2 Å². The predicted molar refractivity (Wildman–Crippen MR) is 79.7 cm³/mol. The first-order valence-corrected chi connectivity index (χ1v) is 7.48. The van der Waals surface area contributed by atoms with Crippen LogP contribution < -0.4 is 5.32 Å². The second-order valence-corrected chi connectivity index (χ2v) is 5.65. The van der Waals surface area contributed by atoms with Crippen LogP contribution in [0.25, 0.3) is 5.69 Å². The number of hydrogen-bond donors (Lipinski definition) is 1. The average molecular weight is 339 g/mol. The summed E-state index contributed by atoms with van der Waals surface area (Å²) in [6.45, 7) is 3.85. The molecule has 1 aliphatic heterocycles. The molecule has 1 saturated heterocycles. The molecule has 128 valence electrons. The summed E-state index contributed by atoms with van der Waals surface area (Å²) in [5.74, 6) is -0.276. The van der Waals surface area contributed by atoms with Gasteiger partial charge in [-0.1, -0.05) is 11.3 Å². The first-order chi connectivity index (χ1) is 11.4. The van der Waals surface area contributed by atoms with E-state index < -0.39 is 11.7 Å². The Morgan fingerprint density at radius 1 is 1.38 bits per heavy atom. The molecule has 0 spiro atoms. The van der Waals surface area contributed by atoms with Crippen LogP contribution in [-0.4, -0.2) is 51.5 Å². The van der Waals surface area contributed by atoms with E-state index in [4.69, 9.17) is 0 Å². The number of carbonyl (C=O) groups excluding carboxylic acids is 1. The third kappa shape index (κ3) is 3.25. The van der Waals surface area contributed by atoms with Gasteiger partial charge in [0, 0.05) is 25.7 Å². The van der Waals surface area contributed by atoms with Crippen molar-refractivity contribution in [2.24, 2.45) is 0 Å². The Labute approximate surface area is 136 Å². The SMILES string of the molecule is CC1CNCCN1C(=O)c1cn(-c2cccc(C(F)(F)F)c2)nn1. The normalized spacial score (nSPS) is 18.7. The molecule has 1 aromatic carbocycles. The first kappa shape index (κ1) is 16.4. The van der Waals surface area contributed by atoms with Crippen LogP contribution >= 0.6 is 0 Å². The van der Waals surface area contributed by atoms with Crippen LogP contribution in [0.5, 0.6) is 0 Å². The van der Waals surface area contributed by atoms with E-state index in [1.54, 1.807) is 4.90 Å². The Bertz CT molecular complexity index is 743. The summed E-state index contributed by atoms with van der Waals surface area (Å²) in [6, 6.07) is 4.74. The van der Waals surface area contributed by atoms with Crippen LogP contribution in [0.3, 0.4) is 0 Å². The molecule has 1 N–H and O–H groups in total. The van der Waals surface area contributed by atoms with Crippen molar-refractivity contribution in [2.45, 2.75) is 19.1 Å². The van der Waals surface area contributed by atoms with E-state index in [2.05, 4.69) is 15.6 Å². The zero-order valence-corrected chi connectivity index (χ0v) is 12.9. The number of benzene rings is 1. The van der Waals surface area contributed by atoms with E-state index in [-0.39, 0.29) is 23.3 Å². The van der Waals surface area contributed by atoms with Gasteiger partial charge in [-0.3, -0.25) is 4.79 Å². The molecular formula is C15H16F3N5O. The number of hydrogen-bond acceptors (Lipinski definition) is 4. The van der Waals surface area contributed by atoms with Crippen molar-refractivity contribution in [1.82, 2.24) is 25.2 Å². The molecule has 2 heterocycles. The quantitative estimate of drug-likeness (QED) is 0.905. The highest BCUT2D eigenvalue weighted by molar-refractivity contribution is 5.92. The third-order valence-electron chi connectivity index (χ3n) is 3.91. The monoisotopic (exact) mass is 339 g/mol. The fourth-order valence-corrected chi connectivity index (χ4v) is 2.60. The van der Waals surface area contributed by atoms with Gasteiger partial charge in [0.15, 0.2) is 5.69 Å². The summed E-state index contributed by atoms with van der Waals surface area (Å²) in [5.41, 5.74) is -0.468. The van der Waals surface area contributed by atoms with Gasteiger partial charge < -0.3 is 10.2 Å². The minimum absolute atomic E-state index is 0.0185. The summed E-state index contributed by atoms with van der Waals surface area (Å²) in [7, 11) is 0. The van der Waals surface area contributed by atoms with Crippen molar-refractivity contribution in [3.05, 3.63) is 41.7 Å². The van der Waals surface area contributed by atoms with Crippen LogP contribution in [0.1, 0.15) is 23.0 Å². The molecule has 1 aromatic heterocycles. The maximum Gasteiger partial charge on any atom is 0.416 e. The number of halogens is 3. The topological polar surface area (TPSA) is 63.1 Å². The fourth-order valence-electron chi connectivity index (χ4n) is 2.60. The predicted octanol–water partition coefficient (Wildman–Crippen LogP) is 1.72. The second kappa shape index (κ2) is 6.23. The van der Waals surface area contributed by atoms with Crippen molar-refractivity contribution in [2.75, 3.05) is 19.6 Å². The molecule has 0 saturated carbocycles. The highest BCUT2D eigenvalue weighted by Crippen LogP contribution is 2.30. The van der Waals surface area contributed by atoms with Crippen molar-refractivity contribution in [1.29, 1.82) is 0 Å². The molecule has 6 nitrogen and oxygen atoms in total. The van der Waals surface area contributed by atoms with Crippen LogP contribution in [0, 0.1) is 0 Å². The van der Waals surface area contributed by atoms with Gasteiger partial charge in [-0.25, -0.2) is 4.68 Å². The molecule has 0 bridgehead atoms. The maximum absolute atomic E-state index is 12.8. The molecule has 1 unspecified atom stereocenters. The number of aromatic nitrogens is 3. The fraction of sp³-hybridized carbons (Fsp3) is 0.400. The second-order valence-electron chi connectivity index (χ2n) is 5.65. The molecule has 1 amide bonds. The maximum atomic E-state index is 12.8. The Hall–Kier alpha value is -2.42. The number of rotatable bonds is 2. The number of nitrogens with one attached hydrogen (secondary N) is 1. The summed E-state index contributed by atoms with van der Waals surface area (Å²) < 4.78 is 39.5. The van der Waals surface area contributed by atoms with E-state index in [0.29, 0.717) is 19.6 Å². The standard InChI is InChI=1S/C15H16F3N5O/c1-10-8-19-5-6-22(10)14(24)13-9-23(21-20-13)12-4-2-3-11(7-12)15(16,17)18/h2-4,7,9-10,19H,5-6,8H2,1H3. The Kier molecular flexibility index (Phi) is 4.27. The Balaban J connectivity index is 1.84. The van der Waals surface area contributed by atoms with Crippen molar-refractivity contribution >= 4 is 5.91 Å². The number of piperazine rings is 1. The zero-order valence-electron chi connectivity index (χ0n) is 12.9. The summed E-state index contributed by atoms with van der Waals surface area (Å²) in [4.78, 5) is 14.2. The van der Waals surface area contributed by atoms with Gasteiger partial charge in [-0.05, 0) is 25.1 Å². The van der Waals surface area contributed by atoms with Gasteiger partial charge in [-0.15, -0.1) is 5.10 Å². The van der Waals surface area contributed by atoms with E-state index in [9.17, 15) is 18.0 Å². The number of amides is 1. The summed E-state index contributed by atoms with van der Waals surface area (Å²) in [5, 5.41) is 10.8. The minimum atomic E-state index is -4.44. The van der Waals surface area contributed by atoms with Gasteiger partial charge in [0.05, 0.1) is 17.4 Å². The largest absolute Gasteiger partial charge is 0.416 e. The minimum Gasteiger partial charge on any atom is -0.332 e. The molecule has 24 heavy (non-hydrogen) atoms. The van der Waals surface area contributed by atoms with Gasteiger partial charge in [0.1, 0.15) is 0 Å². The Morgan fingerprint density at radius 3 is 2.88 bits per heavy atom. The van der Waals surface area contributed by atoms with E-state index in [1.165, 1.54) is 23.0 Å². The molecule has 0 radical (unpaired) electrons. The van der Waals surface area contributed by atoms with Gasteiger partial charge in [-0.2, -0.15) is 13.2 Å². The van der Waals surface area contributed by atoms with Crippen molar-refractivity contribution in [3.63, 3.8) is 0 Å². The molecular weight excluding hydrogens is 323 g/mol. The first-order valence-electron chi connectivity index (χ1n) is 7.48. The van der Waals surface area contributed by atoms with Crippen LogP contribution in [0.2, 0.25) is 0 Å². The number of nitrogens with zero attached hydrogens (tertiary/aromatic N) is 4. The smallest absolute Gasteiger partial charge is 0.332 e. The van der Waals surface area contributed by atoms with E-state index in [1.807, 2.05) is 6.92 Å². The molecule has 3 rings (SSSR count). The molecule has 0 aliphatic carbocycles. The lowest BCUT2D eigenvalue weighted by Crippen LogP contribution is -2.52. The van der Waals surface area contributed by atoms with Crippen molar-refractivity contribution in [3.8, 4) is 5.69 Å². The van der Waals surface area contributed by atoms with E-state index >= 15 is 0 Å². The highest BCUT2D eigenvalue weighted by Gasteiger charge is 2.31. The number of alkyl halides is 3. The lowest BCUT2D eigenvalue weighted by Gasteiger charge is -2.33. The summed E-state index contributed by atoms with van der Waals surface area (Å²) >= 11 is 0. The molecule has 1 aliphatic rings. The Morgan fingerprint density at radius 2 is 2.17 bits per heavy atom. The summed E-state index contributed by atoms with van der Waals surface area (Å²) in [6.07, 6.45) is -3.09. The van der Waals surface area contributed by atoms with Crippen molar-refractivity contribution < 1.29 is 18.0 Å². The zero-order chi connectivity index (χ0) is 17.3. The molecule has 2 aromatic rings. The van der Waals surface area contributed by atoms with Gasteiger partial charge in [0.25, 0.3) is 5.91 Å². The highest BCUT2D eigenvalue weighted by atomic mass is 19.4. The van der Waals surface area contributed by atoms with Crippen LogP contribution in [-0.2, 0) is 6.18 Å². The lowest BCUT2D eigenvalue weighted by atomic mass is 10.2. The van der Waals surface area contributed by atoms with Gasteiger partial charge in [0.2, 0.25) is 0 Å². The average Bonchev–Trinajstić information content (AvgIpc) is 3.04. The number of carbonyl (C=O) groups is 1. The van der Waals surface area contributed by atoms with Gasteiger partial charge >= 0.3 is 6.18 Å². The third-order valence-corrected chi connectivity index (χ3v) is 3.91. The lowest BCUT2D eigenvalue weighted by molar-refractivity contribution is -0.137. The van der Waals surface area contributed by atoms with E-state index in [0.717, 1.165) is 12.1 Å². The molecule has 1 atom stereocenters. The molecule has 9 heteroatoms.